The number of aromatic nitrogens is 2. The van der Waals surface area contributed by atoms with Crippen LogP contribution in [0.15, 0.2) is 38.3 Å². The Morgan fingerprint density at radius 2 is 1.82 bits per heavy atom. The Morgan fingerprint density at radius 1 is 1.24 bits per heavy atom. The second-order valence-corrected chi connectivity index (χ2v) is 4.58. The summed E-state index contributed by atoms with van der Waals surface area (Å²) in [6, 6.07) is 6.80. The molecule has 7 heteroatoms. The van der Waals surface area contributed by atoms with Gasteiger partial charge in [0.05, 0.1) is 5.69 Å². The Morgan fingerprint density at radius 3 is 2.41 bits per heavy atom. The van der Waals surface area contributed by atoms with Crippen LogP contribution < -0.4 is 16.9 Å². The number of rotatable bonds is 1. The van der Waals surface area contributed by atoms with Crippen LogP contribution in [-0.4, -0.2) is 9.78 Å². The second kappa shape index (κ2) is 4.38. The van der Waals surface area contributed by atoms with Crippen LogP contribution in [0.3, 0.4) is 0 Å². The smallest absolute Gasteiger partial charge is 0.290 e. The first-order valence-electron chi connectivity index (χ1n) is 4.57. The molecule has 3 N–H and O–H groups in total. The fourth-order valence-corrected chi connectivity index (χ4v) is 1.73. The number of anilines is 1. The molecule has 2 rings (SSSR count). The van der Waals surface area contributed by atoms with Crippen molar-refractivity contribution in [1.82, 2.24) is 9.78 Å². The number of benzene rings is 1. The first-order valence-corrected chi connectivity index (χ1v) is 5.74. The van der Waals surface area contributed by atoms with Gasteiger partial charge in [-0.3, -0.25) is 14.7 Å². The highest BCUT2D eigenvalue weighted by Crippen LogP contribution is 2.13. The monoisotopic (exact) mass is 315 g/mol. The highest BCUT2D eigenvalue weighted by Gasteiger charge is 2.10. The van der Waals surface area contributed by atoms with Crippen LogP contribution in [0.1, 0.15) is 0 Å². The zero-order valence-electron chi connectivity index (χ0n) is 8.41. The van der Waals surface area contributed by atoms with Gasteiger partial charge in [0.1, 0.15) is 10.7 Å². The SMILES string of the molecule is Nc1c(Cl)c(=O)n(-c2ccc(Br)cc2)[nH]c1=O. The number of nitrogens with one attached hydrogen (secondary N) is 1. The number of nitrogens with two attached hydrogens (primary N) is 1. The third-order valence-corrected chi connectivity index (χ3v) is 3.06. The average Bonchev–Trinajstić information content (AvgIpc) is 2.32. The van der Waals surface area contributed by atoms with E-state index < -0.39 is 11.1 Å². The van der Waals surface area contributed by atoms with Crippen molar-refractivity contribution in [3.05, 3.63) is 54.5 Å². The maximum absolute atomic E-state index is 11.8. The Labute approximate surface area is 109 Å². The lowest BCUT2D eigenvalue weighted by molar-refractivity contribution is 0.789. The van der Waals surface area contributed by atoms with Crippen molar-refractivity contribution in [3.63, 3.8) is 0 Å². The minimum absolute atomic E-state index is 0.273. The predicted octanol–water partition coefficient (Wildman–Crippen LogP) is 1.52. The normalized spacial score (nSPS) is 10.5. The molecule has 0 aliphatic rings. The van der Waals surface area contributed by atoms with Gasteiger partial charge in [0.2, 0.25) is 0 Å². The third-order valence-electron chi connectivity index (χ3n) is 2.17. The summed E-state index contributed by atoms with van der Waals surface area (Å²) in [5.41, 5.74) is 4.42. The Kier molecular flexibility index (Phi) is 3.08. The second-order valence-electron chi connectivity index (χ2n) is 3.29. The van der Waals surface area contributed by atoms with E-state index in [4.69, 9.17) is 17.3 Å². The topological polar surface area (TPSA) is 80.9 Å². The van der Waals surface area contributed by atoms with E-state index >= 15 is 0 Å². The van der Waals surface area contributed by atoms with E-state index in [-0.39, 0.29) is 10.7 Å². The molecule has 0 radical (unpaired) electrons. The molecular weight excluding hydrogens is 309 g/mol. The molecule has 0 fully saturated rings. The van der Waals surface area contributed by atoms with Gasteiger partial charge in [-0.15, -0.1) is 0 Å². The van der Waals surface area contributed by atoms with Gasteiger partial charge in [-0.2, -0.15) is 0 Å². The lowest BCUT2D eigenvalue weighted by atomic mass is 10.3. The van der Waals surface area contributed by atoms with Gasteiger partial charge in [-0.1, -0.05) is 27.5 Å². The number of halogens is 2. The lowest BCUT2D eigenvalue weighted by Gasteiger charge is -2.06. The largest absolute Gasteiger partial charge is 0.393 e. The van der Waals surface area contributed by atoms with Crippen molar-refractivity contribution in [2.24, 2.45) is 0 Å². The summed E-state index contributed by atoms with van der Waals surface area (Å²) in [5, 5.41) is 2.06. The van der Waals surface area contributed by atoms with E-state index in [2.05, 4.69) is 21.0 Å². The van der Waals surface area contributed by atoms with Crippen LogP contribution in [0.2, 0.25) is 5.02 Å². The van der Waals surface area contributed by atoms with Crippen LogP contribution in [0.5, 0.6) is 0 Å². The summed E-state index contributed by atoms with van der Waals surface area (Å²) in [5.74, 6) is 0. The summed E-state index contributed by atoms with van der Waals surface area (Å²) < 4.78 is 1.91. The molecule has 5 nitrogen and oxygen atoms in total. The summed E-state index contributed by atoms with van der Waals surface area (Å²) in [6.45, 7) is 0. The van der Waals surface area contributed by atoms with Crippen LogP contribution in [0.25, 0.3) is 5.69 Å². The van der Waals surface area contributed by atoms with E-state index in [9.17, 15) is 9.59 Å². The summed E-state index contributed by atoms with van der Waals surface area (Å²) >= 11 is 8.95. The minimum Gasteiger partial charge on any atom is -0.393 e. The maximum atomic E-state index is 11.8. The molecule has 2 aromatic rings. The summed E-state index contributed by atoms with van der Waals surface area (Å²) in [7, 11) is 0. The van der Waals surface area contributed by atoms with Crippen molar-refractivity contribution in [2.75, 3.05) is 5.73 Å². The van der Waals surface area contributed by atoms with Gasteiger partial charge in [0, 0.05) is 4.47 Å². The van der Waals surface area contributed by atoms with Crippen LogP contribution in [0, 0.1) is 0 Å². The maximum Gasteiger partial charge on any atom is 0.290 e. The minimum atomic E-state index is -0.600. The summed E-state index contributed by atoms with van der Waals surface area (Å²) in [6.07, 6.45) is 0. The highest BCUT2D eigenvalue weighted by atomic mass is 79.9. The number of hydrogen-bond donors (Lipinski definition) is 2. The van der Waals surface area contributed by atoms with Crippen molar-refractivity contribution >= 4 is 33.2 Å². The van der Waals surface area contributed by atoms with Gasteiger partial charge >= 0.3 is 0 Å². The standard InChI is InChI=1S/C10H7BrClN3O2/c11-5-1-3-6(4-2-5)15-10(17)7(12)8(13)9(16)14-15/h1-4H,13H2,(H,14,16). The quantitative estimate of drug-likeness (QED) is 0.837. The van der Waals surface area contributed by atoms with Gasteiger partial charge < -0.3 is 5.73 Å². The molecule has 17 heavy (non-hydrogen) atoms. The molecule has 0 saturated heterocycles. The molecular formula is C10H7BrClN3O2. The molecule has 0 amide bonds. The van der Waals surface area contributed by atoms with Crippen LogP contribution >= 0.6 is 27.5 Å². The Bertz CT molecular complexity index is 675. The molecule has 1 heterocycles. The van der Waals surface area contributed by atoms with E-state index in [1.165, 1.54) is 0 Å². The highest BCUT2D eigenvalue weighted by molar-refractivity contribution is 9.10. The van der Waals surface area contributed by atoms with E-state index in [0.29, 0.717) is 5.69 Å². The third kappa shape index (κ3) is 2.13. The molecule has 0 aliphatic carbocycles. The average molecular weight is 317 g/mol. The molecule has 0 atom stereocenters. The van der Waals surface area contributed by atoms with Gasteiger partial charge in [0.15, 0.2) is 0 Å². The van der Waals surface area contributed by atoms with Crippen LogP contribution in [0.4, 0.5) is 5.69 Å². The lowest BCUT2D eigenvalue weighted by Crippen LogP contribution is -2.30. The summed E-state index contributed by atoms with van der Waals surface area (Å²) in [4.78, 5) is 23.2. The molecule has 0 bridgehead atoms. The number of aromatic amines is 1. The molecule has 0 spiro atoms. The molecule has 0 unspecified atom stereocenters. The number of nitrogens with zero attached hydrogens (tertiary/aromatic N) is 1. The number of hydrogen-bond acceptors (Lipinski definition) is 3. The van der Waals surface area contributed by atoms with Crippen molar-refractivity contribution in [3.8, 4) is 5.69 Å². The first kappa shape index (κ1) is 11.9. The molecule has 0 aliphatic heterocycles. The van der Waals surface area contributed by atoms with Gasteiger partial charge in [0.25, 0.3) is 11.1 Å². The van der Waals surface area contributed by atoms with E-state index in [1.807, 2.05) is 0 Å². The van der Waals surface area contributed by atoms with Gasteiger partial charge in [-0.05, 0) is 24.3 Å². The van der Waals surface area contributed by atoms with E-state index in [1.54, 1.807) is 24.3 Å². The fourth-order valence-electron chi connectivity index (χ4n) is 1.30. The Hall–Kier alpha value is -1.53. The fraction of sp³-hybridized carbons (Fsp3) is 0. The molecule has 0 saturated carbocycles. The van der Waals surface area contributed by atoms with Crippen molar-refractivity contribution < 1.29 is 0 Å². The first-order chi connectivity index (χ1) is 8.00. The van der Waals surface area contributed by atoms with Crippen LogP contribution in [-0.2, 0) is 0 Å². The van der Waals surface area contributed by atoms with Crippen molar-refractivity contribution in [2.45, 2.75) is 0 Å². The molecule has 1 aromatic carbocycles. The molecule has 1 aromatic heterocycles. The zero-order chi connectivity index (χ0) is 12.6. The van der Waals surface area contributed by atoms with E-state index in [0.717, 1.165) is 9.15 Å². The van der Waals surface area contributed by atoms with Crippen molar-refractivity contribution in [1.29, 1.82) is 0 Å². The predicted molar refractivity (Wildman–Crippen MR) is 69.8 cm³/mol. The number of H-pyrrole nitrogens is 1. The Balaban J connectivity index is 2.73. The van der Waals surface area contributed by atoms with Gasteiger partial charge in [-0.25, -0.2) is 4.68 Å². The molecule has 88 valence electrons. The zero-order valence-corrected chi connectivity index (χ0v) is 10.7. The number of nitrogen functional groups attached to an aromatic ring is 1.